The molecule has 0 aliphatic carbocycles. The average Bonchev–Trinajstić information content (AvgIpc) is 2.64. The van der Waals surface area contributed by atoms with Crippen molar-refractivity contribution in [3.05, 3.63) is 48.0 Å². The molecule has 0 saturated carbocycles. The lowest BCUT2D eigenvalue weighted by Gasteiger charge is -2.15. The zero-order valence-electron chi connectivity index (χ0n) is 8.39. The summed E-state index contributed by atoms with van der Waals surface area (Å²) in [6.45, 7) is 1.89. The lowest BCUT2D eigenvalue weighted by Crippen LogP contribution is -2.10. The van der Waals surface area contributed by atoms with E-state index >= 15 is 0 Å². The van der Waals surface area contributed by atoms with Crippen LogP contribution in [0.3, 0.4) is 0 Å². The summed E-state index contributed by atoms with van der Waals surface area (Å²) in [4.78, 5) is 3.91. The number of anilines is 1. The van der Waals surface area contributed by atoms with Crippen molar-refractivity contribution in [2.75, 3.05) is 5.73 Å². The van der Waals surface area contributed by atoms with Gasteiger partial charge in [-0.15, -0.1) is 0 Å². The molecule has 78 valence electrons. The van der Waals surface area contributed by atoms with E-state index in [1.54, 1.807) is 29.1 Å². The highest BCUT2D eigenvalue weighted by Gasteiger charge is 2.13. The Hall–Kier alpha value is -1.84. The number of benzene rings is 1. The summed E-state index contributed by atoms with van der Waals surface area (Å²) in [5, 5.41) is 0. The number of hydrogen-bond acceptors (Lipinski definition) is 2. The fraction of sp³-hybridized carbons (Fsp3) is 0.182. The number of aromatic nitrogens is 2. The van der Waals surface area contributed by atoms with Crippen molar-refractivity contribution in [1.29, 1.82) is 0 Å². The standard InChI is InChI=1S/C11H12FN3/c1-8(15-7-6-14-11(15)13)9-4-2-3-5-10(9)12/h2-8H,1H3,(H2,13,14). The Morgan fingerprint density at radius 1 is 1.40 bits per heavy atom. The first-order chi connectivity index (χ1) is 7.20. The first-order valence-corrected chi connectivity index (χ1v) is 4.73. The maximum Gasteiger partial charge on any atom is 0.200 e. The van der Waals surface area contributed by atoms with Crippen molar-refractivity contribution in [2.24, 2.45) is 0 Å². The molecule has 1 unspecified atom stereocenters. The molecule has 2 rings (SSSR count). The molecule has 0 saturated heterocycles. The molecule has 0 bridgehead atoms. The van der Waals surface area contributed by atoms with Crippen LogP contribution in [0.4, 0.5) is 10.3 Å². The zero-order chi connectivity index (χ0) is 10.8. The third-order valence-electron chi connectivity index (χ3n) is 2.47. The molecule has 0 radical (unpaired) electrons. The highest BCUT2D eigenvalue weighted by atomic mass is 19.1. The predicted octanol–water partition coefficient (Wildman–Crippen LogP) is 2.21. The largest absolute Gasteiger partial charge is 0.369 e. The first-order valence-electron chi connectivity index (χ1n) is 4.73. The van der Waals surface area contributed by atoms with E-state index in [0.717, 1.165) is 0 Å². The fourth-order valence-corrected chi connectivity index (χ4v) is 1.62. The Morgan fingerprint density at radius 2 is 2.13 bits per heavy atom. The number of rotatable bonds is 2. The van der Waals surface area contributed by atoms with E-state index in [4.69, 9.17) is 5.73 Å². The van der Waals surface area contributed by atoms with Crippen LogP contribution in [0.2, 0.25) is 0 Å². The van der Waals surface area contributed by atoms with E-state index in [-0.39, 0.29) is 11.9 Å². The summed E-state index contributed by atoms with van der Waals surface area (Å²) in [6, 6.07) is 6.53. The van der Waals surface area contributed by atoms with E-state index in [1.165, 1.54) is 6.07 Å². The number of halogens is 1. The van der Waals surface area contributed by atoms with Gasteiger partial charge < -0.3 is 10.3 Å². The Balaban J connectivity index is 2.41. The zero-order valence-corrected chi connectivity index (χ0v) is 8.39. The Kier molecular flexibility index (Phi) is 2.41. The van der Waals surface area contributed by atoms with Crippen LogP contribution in [0.25, 0.3) is 0 Å². The highest BCUT2D eigenvalue weighted by molar-refractivity contribution is 5.26. The maximum atomic E-state index is 13.5. The number of nitrogens with zero attached hydrogens (tertiary/aromatic N) is 2. The predicted molar refractivity (Wildman–Crippen MR) is 56.9 cm³/mol. The normalized spacial score (nSPS) is 12.7. The van der Waals surface area contributed by atoms with Gasteiger partial charge in [0.25, 0.3) is 0 Å². The van der Waals surface area contributed by atoms with Crippen LogP contribution < -0.4 is 5.73 Å². The van der Waals surface area contributed by atoms with E-state index in [0.29, 0.717) is 11.5 Å². The molecule has 0 amide bonds. The van der Waals surface area contributed by atoms with Gasteiger partial charge in [0.05, 0.1) is 6.04 Å². The minimum atomic E-state index is -0.224. The van der Waals surface area contributed by atoms with Crippen molar-refractivity contribution in [2.45, 2.75) is 13.0 Å². The van der Waals surface area contributed by atoms with Crippen molar-refractivity contribution in [3.8, 4) is 0 Å². The third-order valence-corrected chi connectivity index (χ3v) is 2.47. The monoisotopic (exact) mass is 205 g/mol. The van der Waals surface area contributed by atoms with Crippen molar-refractivity contribution < 1.29 is 4.39 Å². The van der Waals surface area contributed by atoms with Crippen molar-refractivity contribution in [3.63, 3.8) is 0 Å². The van der Waals surface area contributed by atoms with Crippen molar-refractivity contribution >= 4 is 5.95 Å². The van der Waals surface area contributed by atoms with Gasteiger partial charge in [-0.2, -0.15) is 0 Å². The average molecular weight is 205 g/mol. The van der Waals surface area contributed by atoms with Crippen LogP contribution in [0, 0.1) is 5.82 Å². The molecule has 1 aromatic heterocycles. The molecule has 3 nitrogen and oxygen atoms in total. The minimum absolute atomic E-state index is 0.145. The van der Waals surface area contributed by atoms with E-state index in [2.05, 4.69) is 4.98 Å². The lowest BCUT2D eigenvalue weighted by atomic mass is 10.1. The summed E-state index contributed by atoms with van der Waals surface area (Å²) in [5.41, 5.74) is 6.27. The van der Waals surface area contributed by atoms with Gasteiger partial charge in [-0.05, 0) is 13.0 Å². The molecule has 0 aliphatic rings. The van der Waals surface area contributed by atoms with Gasteiger partial charge in [-0.25, -0.2) is 9.37 Å². The molecule has 2 N–H and O–H groups in total. The molecule has 1 aromatic carbocycles. The SMILES string of the molecule is CC(c1ccccc1F)n1ccnc1N. The van der Waals surface area contributed by atoms with Gasteiger partial charge in [0.15, 0.2) is 0 Å². The van der Waals surface area contributed by atoms with Crippen molar-refractivity contribution in [1.82, 2.24) is 9.55 Å². The van der Waals surface area contributed by atoms with Crippen LogP contribution >= 0.6 is 0 Å². The van der Waals surface area contributed by atoms with E-state index < -0.39 is 0 Å². The number of imidazole rings is 1. The topological polar surface area (TPSA) is 43.8 Å². The van der Waals surface area contributed by atoms with Crippen LogP contribution in [0.5, 0.6) is 0 Å². The summed E-state index contributed by atoms with van der Waals surface area (Å²) in [7, 11) is 0. The molecule has 0 fully saturated rings. The summed E-state index contributed by atoms with van der Waals surface area (Å²) in [5.74, 6) is 0.170. The summed E-state index contributed by atoms with van der Waals surface area (Å²) < 4.78 is 15.2. The third kappa shape index (κ3) is 1.70. The molecule has 2 aromatic rings. The molecule has 0 aliphatic heterocycles. The van der Waals surface area contributed by atoms with Crippen LogP contribution in [0.1, 0.15) is 18.5 Å². The molecular formula is C11H12FN3. The lowest BCUT2D eigenvalue weighted by molar-refractivity contribution is 0.561. The Labute approximate surface area is 87.4 Å². The maximum absolute atomic E-state index is 13.5. The van der Waals surface area contributed by atoms with Crippen LogP contribution in [-0.4, -0.2) is 9.55 Å². The van der Waals surface area contributed by atoms with Gasteiger partial charge in [0.2, 0.25) is 5.95 Å². The fourth-order valence-electron chi connectivity index (χ4n) is 1.62. The van der Waals surface area contributed by atoms with Crippen LogP contribution in [-0.2, 0) is 0 Å². The van der Waals surface area contributed by atoms with E-state index in [1.807, 2.05) is 13.0 Å². The molecule has 0 spiro atoms. The number of nitrogen functional groups attached to an aromatic ring is 1. The molecule has 4 heteroatoms. The second kappa shape index (κ2) is 3.73. The smallest absolute Gasteiger partial charge is 0.200 e. The summed E-state index contributed by atoms with van der Waals surface area (Å²) in [6.07, 6.45) is 3.35. The van der Waals surface area contributed by atoms with Gasteiger partial charge in [-0.3, -0.25) is 0 Å². The van der Waals surface area contributed by atoms with Crippen LogP contribution in [0.15, 0.2) is 36.7 Å². The second-order valence-corrected chi connectivity index (χ2v) is 3.39. The van der Waals surface area contributed by atoms with Gasteiger partial charge in [0.1, 0.15) is 5.82 Å². The van der Waals surface area contributed by atoms with Gasteiger partial charge >= 0.3 is 0 Å². The highest BCUT2D eigenvalue weighted by Crippen LogP contribution is 2.22. The second-order valence-electron chi connectivity index (χ2n) is 3.39. The quantitative estimate of drug-likeness (QED) is 0.816. The number of hydrogen-bond donors (Lipinski definition) is 1. The molecular weight excluding hydrogens is 193 g/mol. The van der Waals surface area contributed by atoms with Gasteiger partial charge in [-0.1, -0.05) is 18.2 Å². The Bertz CT molecular complexity index is 464. The number of nitrogens with two attached hydrogens (primary N) is 1. The molecule has 15 heavy (non-hydrogen) atoms. The Morgan fingerprint density at radius 3 is 2.73 bits per heavy atom. The molecule has 1 heterocycles. The minimum Gasteiger partial charge on any atom is -0.369 e. The van der Waals surface area contributed by atoms with E-state index in [9.17, 15) is 4.39 Å². The first kappa shape index (κ1) is 9.71. The van der Waals surface area contributed by atoms with Gasteiger partial charge in [0, 0.05) is 18.0 Å². The molecule has 1 atom stereocenters. The summed E-state index contributed by atoms with van der Waals surface area (Å²) >= 11 is 0.